The molecule has 5 aromatic rings. The molecule has 0 bridgehead atoms. The lowest BCUT2D eigenvalue weighted by Gasteiger charge is -2.15. The summed E-state index contributed by atoms with van der Waals surface area (Å²) in [6, 6.07) is 27.0. The van der Waals surface area contributed by atoms with Crippen LogP contribution in [0.4, 0.5) is 0 Å². The normalized spacial score (nSPS) is 11.8. The van der Waals surface area contributed by atoms with Crippen molar-refractivity contribution >= 4 is 33.7 Å². The zero-order chi connectivity index (χ0) is 25.8. The number of hydrogen-bond acceptors (Lipinski definition) is 5. The molecule has 7 heteroatoms. The predicted octanol–water partition coefficient (Wildman–Crippen LogP) is 5.10. The van der Waals surface area contributed by atoms with Gasteiger partial charge in [0, 0.05) is 17.2 Å². The fourth-order valence-corrected chi connectivity index (χ4v) is 4.09. The summed E-state index contributed by atoms with van der Waals surface area (Å²) >= 11 is 0. The number of aryl methyl sites for hydroxylation is 1. The molecule has 0 aliphatic heterocycles. The van der Waals surface area contributed by atoms with Crippen LogP contribution in [0.25, 0.3) is 21.8 Å². The summed E-state index contributed by atoms with van der Waals surface area (Å²) in [4.78, 5) is 33.6. The van der Waals surface area contributed by atoms with Crippen LogP contribution in [0.3, 0.4) is 0 Å². The van der Waals surface area contributed by atoms with Crippen LogP contribution in [0.15, 0.2) is 91.0 Å². The van der Waals surface area contributed by atoms with Crippen LogP contribution in [0.5, 0.6) is 5.75 Å². The Balaban J connectivity index is 1.21. The van der Waals surface area contributed by atoms with Crippen LogP contribution >= 0.6 is 0 Å². The molecule has 2 N–H and O–H groups in total. The first-order chi connectivity index (χ1) is 17.9. The molecular weight excluding hydrogens is 466 g/mol. The lowest BCUT2D eigenvalue weighted by molar-refractivity contribution is -0.139. The van der Waals surface area contributed by atoms with Crippen LogP contribution in [0.2, 0.25) is 0 Å². The second kappa shape index (κ2) is 10.5. The highest BCUT2D eigenvalue weighted by Crippen LogP contribution is 2.18. The van der Waals surface area contributed by atoms with E-state index in [4.69, 9.17) is 4.74 Å². The van der Waals surface area contributed by atoms with Crippen LogP contribution in [-0.2, 0) is 17.8 Å². The Labute approximate surface area is 213 Å². The molecule has 1 atom stereocenters. The smallest absolute Gasteiger partial charge is 0.326 e. The van der Waals surface area contributed by atoms with E-state index in [1.165, 1.54) is 0 Å². The van der Waals surface area contributed by atoms with Crippen molar-refractivity contribution in [1.29, 1.82) is 0 Å². The molecule has 0 fully saturated rings. The van der Waals surface area contributed by atoms with Gasteiger partial charge in [-0.25, -0.2) is 14.8 Å². The van der Waals surface area contributed by atoms with Gasteiger partial charge in [-0.1, -0.05) is 54.6 Å². The van der Waals surface area contributed by atoms with Gasteiger partial charge >= 0.3 is 5.97 Å². The van der Waals surface area contributed by atoms with Crippen molar-refractivity contribution in [2.75, 3.05) is 0 Å². The van der Waals surface area contributed by atoms with E-state index in [2.05, 4.69) is 21.4 Å². The molecule has 184 valence electrons. The van der Waals surface area contributed by atoms with E-state index in [0.717, 1.165) is 33.1 Å². The summed E-state index contributed by atoms with van der Waals surface area (Å²) in [7, 11) is 0. The number of carbonyl (C=O) groups excluding carboxylic acids is 1. The number of pyridine rings is 2. The van der Waals surface area contributed by atoms with Gasteiger partial charge in [0.25, 0.3) is 5.91 Å². The second-order valence-electron chi connectivity index (χ2n) is 8.89. The number of nitrogens with one attached hydrogen (secondary N) is 1. The third-order valence-electron chi connectivity index (χ3n) is 6.09. The van der Waals surface area contributed by atoms with Crippen LogP contribution in [-0.4, -0.2) is 33.0 Å². The highest BCUT2D eigenvalue weighted by molar-refractivity contribution is 5.97. The van der Waals surface area contributed by atoms with Gasteiger partial charge in [0.2, 0.25) is 0 Å². The van der Waals surface area contributed by atoms with Gasteiger partial charge in [-0.15, -0.1) is 0 Å². The molecule has 0 radical (unpaired) electrons. The summed E-state index contributed by atoms with van der Waals surface area (Å²) < 4.78 is 5.88. The maximum absolute atomic E-state index is 12.7. The minimum absolute atomic E-state index is 0.126. The minimum atomic E-state index is -1.12. The van der Waals surface area contributed by atoms with Crippen molar-refractivity contribution in [2.24, 2.45) is 0 Å². The van der Waals surface area contributed by atoms with Crippen molar-refractivity contribution in [1.82, 2.24) is 15.3 Å². The molecule has 1 unspecified atom stereocenters. The lowest BCUT2D eigenvalue weighted by atomic mass is 10.1. The number of benzene rings is 3. The SMILES string of the molecule is Cc1ccc2ccc(COc3ccc(CC(NC(=O)c4ccc5ccccc5n4)C(=O)O)cc3)nc2c1. The number of ether oxygens (including phenoxy) is 1. The molecule has 2 heterocycles. The number of carboxylic acids is 1. The fourth-order valence-electron chi connectivity index (χ4n) is 4.09. The first-order valence-electron chi connectivity index (χ1n) is 11.9. The molecule has 2 aromatic heterocycles. The largest absolute Gasteiger partial charge is 0.487 e. The molecule has 7 nitrogen and oxygen atoms in total. The first kappa shape index (κ1) is 23.9. The zero-order valence-corrected chi connectivity index (χ0v) is 20.2. The molecule has 0 spiro atoms. The number of carboxylic acid groups (broad SMARTS) is 1. The number of carbonyl (C=O) groups is 2. The molecule has 3 aromatic carbocycles. The molecule has 0 aliphatic rings. The molecule has 0 aliphatic carbocycles. The summed E-state index contributed by atoms with van der Waals surface area (Å²) in [5.74, 6) is -1.01. The van der Waals surface area contributed by atoms with Gasteiger partial charge < -0.3 is 15.2 Å². The summed E-state index contributed by atoms with van der Waals surface area (Å²) in [6.07, 6.45) is 0.126. The fraction of sp³-hybridized carbons (Fsp3) is 0.133. The number of rotatable bonds is 8. The Hall–Kier alpha value is -4.78. The summed E-state index contributed by atoms with van der Waals surface area (Å²) in [5, 5.41) is 14.3. The van der Waals surface area contributed by atoms with Crippen LogP contribution < -0.4 is 10.1 Å². The number of aliphatic carboxylic acids is 1. The maximum Gasteiger partial charge on any atom is 0.326 e. The summed E-state index contributed by atoms with van der Waals surface area (Å²) in [6.45, 7) is 2.35. The third-order valence-corrected chi connectivity index (χ3v) is 6.09. The van der Waals surface area contributed by atoms with E-state index in [1.54, 1.807) is 42.5 Å². The van der Waals surface area contributed by atoms with Crippen molar-refractivity contribution in [2.45, 2.75) is 26.0 Å². The van der Waals surface area contributed by atoms with Crippen LogP contribution in [0, 0.1) is 6.92 Å². The Bertz CT molecular complexity index is 1600. The van der Waals surface area contributed by atoms with E-state index in [0.29, 0.717) is 17.9 Å². The average molecular weight is 492 g/mol. The van der Waals surface area contributed by atoms with Crippen molar-refractivity contribution in [3.05, 3.63) is 114 Å². The number of aromatic nitrogens is 2. The Morgan fingerprint density at radius 2 is 1.59 bits per heavy atom. The van der Waals surface area contributed by atoms with Crippen molar-refractivity contribution in [3.63, 3.8) is 0 Å². The maximum atomic E-state index is 12.7. The number of para-hydroxylation sites is 1. The standard InChI is InChI=1S/C30H25N3O4/c1-19-6-9-22-10-12-23(31-27(22)16-19)18-37-24-13-7-20(8-14-24)17-28(30(35)36)33-29(34)26-15-11-21-4-2-3-5-25(21)32-26/h2-16,28H,17-18H2,1H3,(H,33,34)(H,35,36). The first-order valence-corrected chi connectivity index (χ1v) is 11.9. The van der Waals surface area contributed by atoms with E-state index in [1.807, 2.05) is 49.4 Å². The number of nitrogens with zero attached hydrogens (tertiary/aromatic N) is 2. The quantitative estimate of drug-likeness (QED) is 0.313. The molecule has 5 rings (SSSR count). The average Bonchev–Trinajstić information content (AvgIpc) is 2.91. The second-order valence-corrected chi connectivity index (χ2v) is 8.89. The minimum Gasteiger partial charge on any atom is -0.487 e. The van der Waals surface area contributed by atoms with Crippen molar-refractivity contribution in [3.8, 4) is 5.75 Å². The highest BCUT2D eigenvalue weighted by atomic mass is 16.5. The highest BCUT2D eigenvalue weighted by Gasteiger charge is 2.22. The van der Waals surface area contributed by atoms with Gasteiger partial charge in [-0.05, 0) is 54.4 Å². The lowest BCUT2D eigenvalue weighted by Crippen LogP contribution is -2.42. The van der Waals surface area contributed by atoms with Gasteiger partial charge in [0.1, 0.15) is 24.1 Å². The van der Waals surface area contributed by atoms with Gasteiger partial charge in [0.15, 0.2) is 0 Å². The Morgan fingerprint density at radius 1 is 0.865 bits per heavy atom. The number of hydrogen-bond donors (Lipinski definition) is 2. The third kappa shape index (κ3) is 5.73. The molecular formula is C30H25N3O4. The van der Waals surface area contributed by atoms with E-state index in [9.17, 15) is 14.7 Å². The Kier molecular flexibility index (Phi) is 6.76. The number of amides is 1. The van der Waals surface area contributed by atoms with E-state index >= 15 is 0 Å². The topological polar surface area (TPSA) is 101 Å². The van der Waals surface area contributed by atoms with Gasteiger partial charge in [-0.3, -0.25) is 4.79 Å². The predicted molar refractivity (Wildman–Crippen MR) is 142 cm³/mol. The summed E-state index contributed by atoms with van der Waals surface area (Å²) in [5.41, 5.74) is 4.50. The van der Waals surface area contributed by atoms with E-state index in [-0.39, 0.29) is 12.1 Å². The van der Waals surface area contributed by atoms with Crippen LogP contribution in [0.1, 0.15) is 27.3 Å². The van der Waals surface area contributed by atoms with Gasteiger partial charge in [0.05, 0.1) is 16.7 Å². The zero-order valence-electron chi connectivity index (χ0n) is 20.2. The number of fused-ring (bicyclic) bond motifs is 2. The molecule has 0 saturated carbocycles. The molecule has 1 amide bonds. The van der Waals surface area contributed by atoms with Gasteiger partial charge in [-0.2, -0.15) is 0 Å². The van der Waals surface area contributed by atoms with Crippen molar-refractivity contribution < 1.29 is 19.4 Å². The monoisotopic (exact) mass is 491 g/mol. The molecule has 37 heavy (non-hydrogen) atoms. The van der Waals surface area contributed by atoms with E-state index < -0.39 is 17.9 Å². The molecule has 0 saturated heterocycles. The Morgan fingerprint density at radius 3 is 2.41 bits per heavy atom.